The summed E-state index contributed by atoms with van der Waals surface area (Å²) in [5.41, 5.74) is 1.94. The van der Waals surface area contributed by atoms with E-state index in [1.165, 1.54) is 5.69 Å². The van der Waals surface area contributed by atoms with Crippen molar-refractivity contribution in [2.24, 2.45) is 0 Å². The molecule has 5 nitrogen and oxygen atoms in total. The maximum atomic E-state index is 11.7. The Balaban J connectivity index is 1.48. The molecule has 27 heavy (non-hydrogen) atoms. The van der Waals surface area contributed by atoms with E-state index >= 15 is 0 Å². The first-order valence-corrected chi connectivity index (χ1v) is 9.57. The number of anilines is 1. The SMILES string of the molecule is CCC(Oc1cccc2ccc(=O)[nH]c12)N1CCN(c2ccccc2)CC1. The van der Waals surface area contributed by atoms with Crippen LogP contribution in [0.15, 0.2) is 65.5 Å². The summed E-state index contributed by atoms with van der Waals surface area (Å²) in [5.74, 6) is 0.738. The fourth-order valence-corrected chi connectivity index (χ4v) is 3.72. The number of benzene rings is 2. The molecule has 1 aromatic heterocycles. The van der Waals surface area contributed by atoms with Gasteiger partial charge in [0.1, 0.15) is 5.75 Å². The number of fused-ring (bicyclic) bond motifs is 1. The number of ether oxygens (including phenoxy) is 1. The lowest BCUT2D eigenvalue weighted by atomic mass is 10.2. The molecule has 1 fully saturated rings. The van der Waals surface area contributed by atoms with Crippen molar-refractivity contribution in [1.82, 2.24) is 9.88 Å². The Morgan fingerprint density at radius 2 is 1.74 bits per heavy atom. The van der Waals surface area contributed by atoms with Crippen molar-refractivity contribution in [3.63, 3.8) is 0 Å². The average Bonchev–Trinajstić information content (AvgIpc) is 2.73. The summed E-state index contributed by atoms with van der Waals surface area (Å²) in [6.07, 6.45) is 0.885. The van der Waals surface area contributed by atoms with Gasteiger partial charge in [0.2, 0.25) is 5.56 Å². The van der Waals surface area contributed by atoms with Gasteiger partial charge in [-0.15, -0.1) is 0 Å². The van der Waals surface area contributed by atoms with E-state index in [0.717, 1.165) is 49.3 Å². The van der Waals surface area contributed by atoms with Crippen LogP contribution in [-0.4, -0.2) is 42.3 Å². The highest BCUT2D eigenvalue weighted by Crippen LogP contribution is 2.25. The van der Waals surface area contributed by atoms with Crippen molar-refractivity contribution < 1.29 is 4.74 Å². The molecule has 1 atom stereocenters. The molecule has 0 radical (unpaired) electrons. The number of para-hydroxylation sites is 2. The van der Waals surface area contributed by atoms with Gasteiger partial charge < -0.3 is 14.6 Å². The molecule has 5 heteroatoms. The molecule has 0 spiro atoms. The minimum Gasteiger partial charge on any atom is -0.473 e. The molecule has 1 aliphatic rings. The van der Waals surface area contributed by atoms with E-state index in [2.05, 4.69) is 52.0 Å². The van der Waals surface area contributed by atoms with Gasteiger partial charge in [0.05, 0.1) is 5.52 Å². The molecular weight excluding hydrogens is 338 g/mol. The Labute approximate surface area is 159 Å². The molecule has 0 bridgehead atoms. The number of aromatic amines is 1. The zero-order valence-electron chi connectivity index (χ0n) is 15.6. The predicted octanol–water partition coefficient (Wildman–Crippen LogP) is 3.47. The molecule has 3 aromatic rings. The zero-order chi connectivity index (χ0) is 18.6. The van der Waals surface area contributed by atoms with Crippen LogP contribution in [0.5, 0.6) is 5.75 Å². The maximum absolute atomic E-state index is 11.7. The Hall–Kier alpha value is -2.79. The van der Waals surface area contributed by atoms with Crippen LogP contribution in [0.2, 0.25) is 0 Å². The highest BCUT2D eigenvalue weighted by Gasteiger charge is 2.24. The molecule has 1 N–H and O–H groups in total. The summed E-state index contributed by atoms with van der Waals surface area (Å²) in [7, 11) is 0. The third kappa shape index (κ3) is 3.83. The molecule has 2 aromatic carbocycles. The second-order valence-corrected chi connectivity index (χ2v) is 6.88. The summed E-state index contributed by atoms with van der Waals surface area (Å²) < 4.78 is 6.35. The number of hydrogen-bond donors (Lipinski definition) is 1. The number of nitrogens with one attached hydrogen (secondary N) is 1. The topological polar surface area (TPSA) is 48.6 Å². The minimum absolute atomic E-state index is 0.00256. The molecule has 2 heterocycles. The van der Waals surface area contributed by atoms with Crippen LogP contribution in [0.25, 0.3) is 10.9 Å². The third-order valence-electron chi connectivity index (χ3n) is 5.18. The van der Waals surface area contributed by atoms with Crippen LogP contribution in [0, 0.1) is 0 Å². The maximum Gasteiger partial charge on any atom is 0.248 e. The number of rotatable bonds is 5. The lowest BCUT2D eigenvalue weighted by Gasteiger charge is -2.39. The Morgan fingerprint density at radius 1 is 0.963 bits per heavy atom. The Kier molecular flexibility index (Phi) is 5.12. The zero-order valence-corrected chi connectivity index (χ0v) is 15.6. The molecule has 0 aliphatic carbocycles. The van der Waals surface area contributed by atoms with E-state index < -0.39 is 0 Å². The van der Waals surface area contributed by atoms with Crippen molar-refractivity contribution in [1.29, 1.82) is 0 Å². The molecule has 1 aliphatic heterocycles. The first kappa shape index (κ1) is 17.6. The smallest absolute Gasteiger partial charge is 0.248 e. The number of piperazine rings is 1. The second-order valence-electron chi connectivity index (χ2n) is 6.88. The van der Waals surface area contributed by atoms with E-state index in [0.29, 0.717) is 0 Å². The van der Waals surface area contributed by atoms with Gasteiger partial charge in [0.15, 0.2) is 6.23 Å². The lowest BCUT2D eigenvalue weighted by molar-refractivity contribution is 0.0195. The second kappa shape index (κ2) is 7.84. The summed E-state index contributed by atoms with van der Waals surface area (Å²) in [6.45, 7) is 6.01. The largest absolute Gasteiger partial charge is 0.473 e. The van der Waals surface area contributed by atoms with Gasteiger partial charge in [-0.2, -0.15) is 0 Å². The summed E-state index contributed by atoms with van der Waals surface area (Å²) >= 11 is 0. The van der Waals surface area contributed by atoms with Crippen molar-refractivity contribution in [3.05, 3.63) is 71.0 Å². The van der Waals surface area contributed by atoms with Gasteiger partial charge in [0.25, 0.3) is 0 Å². The number of aromatic nitrogens is 1. The highest BCUT2D eigenvalue weighted by atomic mass is 16.5. The van der Waals surface area contributed by atoms with E-state index in [9.17, 15) is 4.79 Å². The number of H-pyrrole nitrogens is 1. The first-order chi connectivity index (χ1) is 13.2. The fourth-order valence-electron chi connectivity index (χ4n) is 3.72. The van der Waals surface area contributed by atoms with Gasteiger partial charge in [-0.05, 0) is 30.7 Å². The first-order valence-electron chi connectivity index (χ1n) is 9.57. The molecule has 1 unspecified atom stereocenters. The van der Waals surface area contributed by atoms with Gasteiger partial charge in [-0.1, -0.05) is 37.3 Å². The monoisotopic (exact) mass is 363 g/mol. The molecule has 1 saturated heterocycles. The van der Waals surface area contributed by atoms with Gasteiger partial charge in [-0.25, -0.2) is 0 Å². The molecule has 4 rings (SSSR count). The molecule has 0 saturated carbocycles. The van der Waals surface area contributed by atoms with Crippen molar-refractivity contribution >= 4 is 16.6 Å². The summed E-state index contributed by atoms with van der Waals surface area (Å²) in [5, 5.41) is 0.982. The number of pyridine rings is 1. The molecule has 0 amide bonds. The average molecular weight is 363 g/mol. The highest BCUT2D eigenvalue weighted by molar-refractivity contribution is 5.84. The van der Waals surface area contributed by atoms with Gasteiger partial charge in [0, 0.05) is 43.3 Å². The fraction of sp³-hybridized carbons (Fsp3) is 0.318. The summed E-state index contributed by atoms with van der Waals surface area (Å²) in [6, 6.07) is 19.8. The van der Waals surface area contributed by atoms with Crippen molar-refractivity contribution in [2.45, 2.75) is 19.6 Å². The van der Waals surface area contributed by atoms with E-state index in [-0.39, 0.29) is 11.8 Å². The van der Waals surface area contributed by atoms with E-state index in [1.54, 1.807) is 6.07 Å². The van der Waals surface area contributed by atoms with Crippen LogP contribution < -0.4 is 15.2 Å². The van der Waals surface area contributed by atoms with Gasteiger partial charge >= 0.3 is 0 Å². The van der Waals surface area contributed by atoms with Gasteiger partial charge in [-0.3, -0.25) is 9.69 Å². The van der Waals surface area contributed by atoms with Crippen LogP contribution in [0.3, 0.4) is 0 Å². The molecular formula is C22H25N3O2. The third-order valence-corrected chi connectivity index (χ3v) is 5.18. The summed E-state index contributed by atoms with van der Waals surface area (Å²) in [4.78, 5) is 19.5. The van der Waals surface area contributed by atoms with Crippen LogP contribution >= 0.6 is 0 Å². The predicted molar refractivity (Wildman–Crippen MR) is 110 cm³/mol. The standard InChI is InChI=1S/C22H25N3O2/c1-2-21(25-15-13-24(14-16-25)18-8-4-3-5-9-18)27-19-10-6-7-17-11-12-20(26)23-22(17)19/h3-12,21H,2,13-16H2,1H3,(H,23,26). The quantitative estimate of drug-likeness (QED) is 0.754. The van der Waals surface area contributed by atoms with Crippen LogP contribution in [0.1, 0.15) is 13.3 Å². The number of nitrogens with zero attached hydrogens (tertiary/aromatic N) is 2. The van der Waals surface area contributed by atoms with Crippen LogP contribution in [0.4, 0.5) is 5.69 Å². The lowest BCUT2D eigenvalue weighted by Crippen LogP contribution is -2.52. The van der Waals surface area contributed by atoms with Crippen molar-refractivity contribution in [3.8, 4) is 5.75 Å². The number of hydrogen-bond acceptors (Lipinski definition) is 4. The normalized spacial score (nSPS) is 16.4. The Morgan fingerprint density at radius 3 is 2.48 bits per heavy atom. The van der Waals surface area contributed by atoms with Crippen LogP contribution in [-0.2, 0) is 0 Å². The van der Waals surface area contributed by atoms with E-state index in [4.69, 9.17) is 4.74 Å². The Bertz CT molecular complexity index is 946. The van der Waals surface area contributed by atoms with Crippen molar-refractivity contribution in [2.75, 3.05) is 31.1 Å². The molecule has 140 valence electrons. The minimum atomic E-state index is -0.108. The van der Waals surface area contributed by atoms with E-state index in [1.807, 2.05) is 24.3 Å².